The second-order valence-electron chi connectivity index (χ2n) is 26.0. The first-order chi connectivity index (χ1) is 40.1. The third-order valence-corrected chi connectivity index (χ3v) is 29.9. The Morgan fingerprint density at radius 1 is 0.929 bits per heavy atom. The second kappa shape index (κ2) is 24.7. The van der Waals surface area contributed by atoms with Crippen molar-refractivity contribution < 1.29 is 52.7 Å². The summed E-state index contributed by atoms with van der Waals surface area (Å²) in [5, 5.41) is 45.0. The molecule has 6 aliphatic rings. The maximum absolute atomic E-state index is 15.8. The number of hydrogen-bond donors (Lipinski definition) is 5. The topological polar surface area (TPSA) is 214 Å². The molecule has 460 valence electrons. The van der Waals surface area contributed by atoms with E-state index in [1.807, 2.05) is 44.0 Å². The van der Waals surface area contributed by atoms with Gasteiger partial charge in [-0.25, -0.2) is 9.97 Å². The average Bonchev–Trinajstić information content (AvgIpc) is 1.48. The van der Waals surface area contributed by atoms with Gasteiger partial charge in [-0.3, -0.25) is 19.4 Å². The van der Waals surface area contributed by atoms with E-state index in [1.54, 1.807) is 31.3 Å². The molecule has 0 radical (unpaired) electrons. The molecule has 11 atom stereocenters. The Kier molecular flexibility index (Phi) is 18.5. The fraction of sp³-hybridized carbons (Fsp3) is 0.651. The highest BCUT2D eigenvalue weighted by molar-refractivity contribution is 8.00. The van der Waals surface area contributed by atoms with Gasteiger partial charge in [-0.1, -0.05) is 62.9 Å². The molecule has 18 nitrogen and oxygen atoms in total. The van der Waals surface area contributed by atoms with E-state index in [9.17, 15) is 15.3 Å². The van der Waals surface area contributed by atoms with Gasteiger partial charge in [0.15, 0.2) is 27.4 Å². The molecule has 4 aromatic rings. The molecule has 1 spiro atoms. The molecule has 1 amide bonds. The van der Waals surface area contributed by atoms with Crippen LogP contribution in [0.1, 0.15) is 87.7 Å². The number of methoxy groups -OCH3 is 2. The lowest BCUT2D eigenvalue weighted by Crippen LogP contribution is -2.81. The number of aliphatic hydroxyl groups excluding tert-OH is 1. The number of rotatable bonds is 24. The number of likely N-dealkylation sites (N-methyl/N-ethyl adjacent to an activating group) is 1. The van der Waals surface area contributed by atoms with Crippen LogP contribution in [0.2, 0.25) is 32.2 Å². The maximum atomic E-state index is 15.8. The molecule has 10 rings (SSSR count). The summed E-state index contributed by atoms with van der Waals surface area (Å²) in [6.45, 7) is 23.8. The SMILES string of the molecule is CCOCCOCCOCc1cnc(SC[Si](C)(C)O[Si](C)(C)CCCNC(=O)[C@@]2(O)[C@H](O)[C@]3(CC)C=CCN4CC[C@@]5(c6cc([C@]7(C(=O)OC)c8[nH]c9ccccc9c8CCN8C[C@H](C[C@@](O)(CC)C8)[C@@H]7C)c(OC)cc6N(C)[C@@H]25)[C@@H]43)nc1. The smallest absolute Gasteiger partial charge is 0.322 e. The molecule has 5 N–H and O–H groups in total. The molecule has 1 aliphatic carbocycles. The molecule has 2 aromatic carbocycles. The van der Waals surface area contributed by atoms with Gasteiger partial charge in [0.05, 0.1) is 58.9 Å². The van der Waals surface area contributed by atoms with Gasteiger partial charge >= 0.3 is 5.97 Å². The quantitative estimate of drug-likeness (QED) is 0.0118. The van der Waals surface area contributed by atoms with E-state index in [2.05, 4.69) is 100 Å². The van der Waals surface area contributed by atoms with Crippen LogP contribution in [0.5, 0.6) is 5.75 Å². The number of fused-ring (bicyclic) bond motifs is 6. The van der Waals surface area contributed by atoms with Crippen molar-refractivity contribution in [1.82, 2.24) is 30.1 Å². The van der Waals surface area contributed by atoms with Crippen LogP contribution in [0, 0.1) is 17.3 Å². The molecule has 7 heterocycles. The fourth-order valence-corrected chi connectivity index (χ4v) is 26.8. The highest BCUT2D eigenvalue weighted by Crippen LogP contribution is 2.68. The fourth-order valence-electron chi connectivity index (χ4n) is 16.5. The summed E-state index contributed by atoms with van der Waals surface area (Å²) in [6, 6.07) is 11.9. The van der Waals surface area contributed by atoms with Crippen molar-refractivity contribution in [2.75, 3.05) is 104 Å². The van der Waals surface area contributed by atoms with Gasteiger partial charge in [-0.15, -0.1) is 0 Å². The first-order valence-corrected chi connectivity index (χ1v) is 37.9. The van der Waals surface area contributed by atoms with Crippen molar-refractivity contribution in [3.05, 3.63) is 88.9 Å². The molecule has 1 saturated carbocycles. The molecule has 2 bridgehead atoms. The van der Waals surface area contributed by atoms with Gasteiger partial charge < -0.3 is 58.3 Å². The molecule has 84 heavy (non-hydrogen) atoms. The van der Waals surface area contributed by atoms with Gasteiger partial charge in [0.25, 0.3) is 5.91 Å². The number of aromatic amines is 1. The third kappa shape index (κ3) is 10.9. The molecule has 2 aromatic heterocycles. The summed E-state index contributed by atoms with van der Waals surface area (Å²) < 4.78 is 36.3. The second-order valence-corrected chi connectivity index (χ2v) is 36.2. The summed E-state index contributed by atoms with van der Waals surface area (Å²) in [7, 11) is 0.539. The van der Waals surface area contributed by atoms with Gasteiger partial charge in [0.2, 0.25) is 0 Å². The van der Waals surface area contributed by atoms with Crippen LogP contribution < -0.4 is 15.0 Å². The summed E-state index contributed by atoms with van der Waals surface area (Å²) in [4.78, 5) is 51.2. The molecular weight excluding hydrogens is 1120 g/mol. The third-order valence-electron chi connectivity index (χ3n) is 20.1. The van der Waals surface area contributed by atoms with Gasteiger partial charge in [-0.05, 0) is 119 Å². The van der Waals surface area contributed by atoms with Crippen molar-refractivity contribution in [1.29, 1.82) is 0 Å². The molecule has 5 aliphatic heterocycles. The lowest BCUT2D eigenvalue weighted by Gasteiger charge is -2.63. The van der Waals surface area contributed by atoms with E-state index in [0.717, 1.165) is 50.4 Å². The lowest BCUT2D eigenvalue weighted by atomic mass is 9.47. The number of anilines is 1. The van der Waals surface area contributed by atoms with Crippen molar-refractivity contribution in [2.24, 2.45) is 17.3 Å². The predicted molar refractivity (Wildman–Crippen MR) is 332 cm³/mol. The Hall–Kier alpha value is -4.24. The van der Waals surface area contributed by atoms with Crippen LogP contribution in [-0.2, 0) is 56.5 Å². The summed E-state index contributed by atoms with van der Waals surface area (Å²) in [6.07, 6.45) is 9.70. The zero-order valence-electron chi connectivity index (χ0n) is 51.6. The van der Waals surface area contributed by atoms with E-state index in [1.165, 1.54) is 7.11 Å². The van der Waals surface area contributed by atoms with Crippen molar-refractivity contribution in [2.45, 2.75) is 150 Å². The Balaban J connectivity index is 0.930. The number of nitrogens with zero attached hydrogens (tertiary/aromatic N) is 5. The number of aromatic nitrogens is 3. The van der Waals surface area contributed by atoms with Gasteiger partial charge in [0.1, 0.15) is 17.3 Å². The normalized spacial score (nSPS) is 30.9. The Morgan fingerprint density at radius 2 is 1.67 bits per heavy atom. The minimum Gasteiger partial charge on any atom is -0.496 e. The highest BCUT2D eigenvalue weighted by Gasteiger charge is 2.79. The number of piperidine rings is 1. The number of thioether (sulfide) groups is 1. The first kappa shape index (κ1) is 62.8. The lowest BCUT2D eigenvalue weighted by molar-refractivity contribution is -0.203. The van der Waals surface area contributed by atoms with Crippen molar-refractivity contribution >= 4 is 56.9 Å². The number of nitrogens with one attached hydrogen (secondary N) is 2. The Bertz CT molecular complexity index is 3040. The number of hydrogen-bond acceptors (Lipinski definition) is 17. The molecule has 2 saturated heterocycles. The van der Waals surface area contributed by atoms with E-state index in [4.69, 9.17) is 27.8 Å². The molecule has 1 unspecified atom stereocenters. The van der Waals surface area contributed by atoms with Crippen LogP contribution in [-0.4, -0.2) is 197 Å². The number of esters is 1. The number of aliphatic hydroxyl groups is 3. The average molecular weight is 1210 g/mol. The molecule has 21 heteroatoms. The molecular formula is C63H93N7O11SSi2. The Labute approximate surface area is 503 Å². The first-order valence-electron chi connectivity index (χ1n) is 30.7. The van der Waals surface area contributed by atoms with Crippen LogP contribution >= 0.6 is 11.8 Å². The van der Waals surface area contributed by atoms with Gasteiger partial charge in [0, 0.05) is 120 Å². The number of ether oxygens (including phenoxy) is 5. The summed E-state index contributed by atoms with van der Waals surface area (Å²) >= 11 is 1.60. The van der Waals surface area contributed by atoms with E-state index >= 15 is 9.59 Å². The molecule has 3 fully saturated rings. The Morgan fingerprint density at radius 3 is 2.38 bits per heavy atom. The monoisotopic (exact) mass is 1210 g/mol. The minimum atomic E-state index is -2.29. The zero-order chi connectivity index (χ0) is 60.0. The summed E-state index contributed by atoms with van der Waals surface area (Å²) in [5.41, 5.74) is -0.758. The van der Waals surface area contributed by atoms with Crippen LogP contribution in [0.3, 0.4) is 0 Å². The highest BCUT2D eigenvalue weighted by atomic mass is 32.2. The van der Waals surface area contributed by atoms with Crippen LogP contribution in [0.25, 0.3) is 10.9 Å². The standard InChI is InChI=1S/C63H93N7O11SSi2/c1-12-59(74)35-44-38-69(40-59)26-21-46-45-19-15-16-20-49(45)67-52(46)62(42(44)4,57(73)77-7)48-33-47-50(34-51(48)76-6)68(5)54-61(47)23-27-70-25-17-22-60(13-2,53(61)70)55(71)63(54,75)56(72)64-24-18-32-83(8,9)81-84(10,11)41-82-58-65-36-43(37-66-58)39-80-31-30-79-29-28-78-14-3/h15-17,19-20,22,33-34,36-37,42,44,53-55,67,71,74-75H,12-14,18,21,23-32,35,38-41H2,1-11H3,(H,64,72)/t42-,44-,53-,54+,55+,59-,60+,61+,62-,63-/m0/s1. The largest absolute Gasteiger partial charge is 0.496 e. The van der Waals surface area contributed by atoms with E-state index in [-0.39, 0.29) is 18.5 Å². The minimum absolute atomic E-state index is 0.139. The van der Waals surface area contributed by atoms with Crippen LogP contribution in [0.4, 0.5) is 5.69 Å². The zero-order valence-corrected chi connectivity index (χ0v) is 54.4. The predicted octanol–water partition coefficient (Wildman–Crippen LogP) is 7.12. The number of carbonyl (C=O) groups is 2. The number of H-pyrrole nitrogens is 1. The van der Waals surface area contributed by atoms with E-state index < -0.39 is 74.0 Å². The number of amides is 1. The number of carbonyl (C=O) groups excluding carboxylic acids is 2. The van der Waals surface area contributed by atoms with E-state index in [0.29, 0.717) is 127 Å². The van der Waals surface area contributed by atoms with Crippen molar-refractivity contribution in [3.63, 3.8) is 0 Å². The summed E-state index contributed by atoms with van der Waals surface area (Å²) in [5.74, 6) is -1.13. The maximum Gasteiger partial charge on any atom is 0.322 e. The van der Waals surface area contributed by atoms with Crippen molar-refractivity contribution in [3.8, 4) is 5.75 Å². The number of benzene rings is 2. The van der Waals surface area contributed by atoms with Crippen LogP contribution in [0.15, 0.2) is 66.1 Å². The van der Waals surface area contributed by atoms with Gasteiger partial charge in [-0.2, -0.15) is 0 Å². The number of para-hydroxylation sites is 1.